The highest BCUT2D eigenvalue weighted by atomic mass is 16.4. The number of fused-ring (bicyclic) bond motifs is 1. The Morgan fingerprint density at radius 2 is 2.00 bits per heavy atom. The van der Waals surface area contributed by atoms with E-state index in [0.717, 1.165) is 0 Å². The van der Waals surface area contributed by atoms with E-state index in [4.69, 9.17) is 15.9 Å². The number of hydrogen-bond acceptors (Lipinski definition) is 3. The predicted molar refractivity (Wildman–Crippen MR) is 41.9 cm³/mol. The van der Waals surface area contributed by atoms with Crippen molar-refractivity contribution in [2.75, 3.05) is 0 Å². The predicted octanol–water partition coefficient (Wildman–Crippen LogP) is -0.491. The van der Waals surface area contributed by atoms with Gasteiger partial charge in [-0.25, -0.2) is 0 Å². The molecule has 2 fully saturated rings. The molecule has 0 radical (unpaired) electrons. The Morgan fingerprint density at radius 3 is 2.38 bits per heavy atom. The van der Waals surface area contributed by atoms with Crippen molar-refractivity contribution in [2.45, 2.75) is 18.4 Å². The molecule has 0 bridgehead atoms. The first-order chi connectivity index (χ1) is 5.98. The van der Waals surface area contributed by atoms with Crippen LogP contribution in [0, 0.1) is 17.8 Å². The molecule has 4 atom stereocenters. The minimum atomic E-state index is -1.28. The lowest BCUT2D eigenvalue weighted by Gasteiger charge is -2.20. The molecule has 0 spiro atoms. The quantitative estimate of drug-likeness (QED) is 0.539. The summed E-state index contributed by atoms with van der Waals surface area (Å²) in [5, 5.41) is 17.6. The summed E-state index contributed by atoms with van der Waals surface area (Å²) >= 11 is 0. The zero-order chi connectivity index (χ0) is 9.80. The molecule has 1 unspecified atom stereocenters. The van der Waals surface area contributed by atoms with Crippen LogP contribution in [0.1, 0.15) is 12.8 Å². The van der Waals surface area contributed by atoms with Gasteiger partial charge >= 0.3 is 11.9 Å². The van der Waals surface area contributed by atoms with Crippen molar-refractivity contribution in [3.05, 3.63) is 0 Å². The van der Waals surface area contributed by atoms with Crippen LogP contribution >= 0.6 is 0 Å². The third-order valence-corrected chi connectivity index (χ3v) is 3.34. The van der Waals surface area contributed by atoms with E-state index in [1.165, 1.54) is 0 Å². The number of nitrogens with two attached hydrogens (primary N) is 1. The fourth-order valence-electron chi connectivity index (χ4n) is 2.59. The second-order valence-electron chi connectivity index (χ2n) is 3.94. The summed E-state index contributed by atoms with van der Waals surface area (Å²) in [6.07, 6.45) is 1.03. The van der Waals surface area contributed by atoms with Gasteiger partial charge < -0.3 is 15.9 Å². The van der Waals surface area contributed by atoms with Crippen molar-refractivity contribution in [3.8, 4) is 0 Å². The third kappa shape index (κ3) is 0.904. The van der Waals surface area contributed by atoms with E-state index in [-0.39, 0.29) is 11.8 Å². The Bertz CT molecular complexity index is 290. The molecule has 5 nitrogen and oxygen atoms in total. The topological polar surface area (TPSA) is 101 Å². The van der Waals surface area contributed by atoms with Gasteiger partial charge in [0.1, 0.15) is 5.54 Å². The van der Waals surface area contributed by atoms with Crippen molar-refractivity contribution in [2.24, 2.45) is 23.5 Å². The Labute approximate surface area is 74.5 Å². The molecule has 0 aromatic heterocycles. The van der Waals surface area contributed by atoms with E-state index < -0.39 is 23.4 Å². The van der Waals surface area contributed by atoms with Crippen LogP contribution < -0.4 is 5.73 Å². The molecule has 2 rings (SSSR count). The summed E-state index contributed by atoms with van der Waals surface area (Å²) in [6.45, 7) is 0. The van der Waals surface area contributed by atoms with Gasteiger partial charge in [0.25, 0.3) is 0 Å². The highest BCUT2D eigenvalue weighted by Gasteiger charge is 2.69. The van der Waals surface area contributed by atoms with Crippen LogP contribution in [0.5, 0.6) is 0 Å². The first kappa shape index (κ1) is 8.50. The van der Waals surface area contributed by atoms with E-state index in [0.29, 0.717) is 12.8 Å². The molecule has 72 valence electrons. The molecular formula is C8H11NO4. The lowest BCUT2D eigenvalue weighted by atomic mass is 9.92. The van der Waals surface area contributed by atoms with Crippen LogP contribution in [0.25, 0.3) is 0 Å². The number of hydrogen-bond donors (Lipinski definition) is 3. The molecule has 4 N–H and O–H groups in total. The Kier molecular flexibility index (Phi) is 1.46. The first-order valence-electron chi connectivity index (χ1n) is 4.23. The van der Waals surface area contributed by atoms with Crippen LogP contribution in [0.3, 0.4) is 0 Å². The minimum Gasteiger partial charge on any atom is -0.481 e. The molecule has 2 aliphatic carbocycles. The molecule has 0 aliphatic heterocycles. The van der Waals surface area contributed by atoms with E-state index in [1.807, 2.05) is 0 Å². The Morgan fingerprint density at radius 1 is 1.38 bits per heavy atom. The molecule has 2 saturated carbocycles. The van der Waals surface area contributed by atoms with Gasteiger partial charge in [0, 0.05) is 5.92 Å². The maximum atomic E-state index is 10.8. The van der Waals surface area contributed by atoms with E-state index in [2.05, 4.69) is 0 Å². The summed E-state index contributed by atoms with van der Waals surface area (Å²) in [5.41, 5.74) is 4.37. The molecule has 0 heterocycles. The molecule has 0 amide bonds. The average molecular weight is 185 g/mol. The van der Waals surface area contributed by atoms with Crippen molar-refractivity contribution in [1.29, 1.82) is 0 Å². The summed E-state index contributed by atoms with van der Waals surface area (Å²) in [5.74, 6) is -2.84. The number of rotatable bonds is 2. The van der Waals surface area contributed by atoms with Gasteiger partial charge in [-0.2, -0.15) is 0 Å². The zero-order valence-electron chi connectivity index (χ0n) is 6.93. The van der Waals surface area contributed by atoms with E-state index in [1.54, 1.807) is 0 Å². The maximum absolute atomic E-state index is 10.8. The van der Waals surface area contributed by atoms with Gasteiger partial charge in [0.2, 0.25) is 0 Å². The minimum absolute atomic E-state index is 0.00130. The van der Waals surface area contributed by atoms with Crippen molar-refractivity contribution in [1.82, 2.24) is 0 Å². The Hall–Kier alpha value is -1.10. The van der Waals surface area contributed by atoms with Crippen LogP contribution in [-0.4, -0.2) is 27.7 Å². The van der Waals surface area contributed by atoms with E-state index in [9.17, 15) is 9.59 Å². The fourth-order valence-corrected chi connectivity index (χ4v) is 2.59. The monoisotopic (exact) mass is 185 g/mol. The highest BCUT2D eigenvalue weighted by Crippen LogP contribution is 2.61. The molecule has 0 aromatic rings. The number of carbonyl (C=O) groups is 2. The number of carboxylic acids is 2. The molecular weight excluding hydrogens is 174 g/mol. The second-order valence-corrected chi connectivity index (χ2v) is 3.94. The molecule has 13 heavy (non-hydrogen) atoms. The van der Waals surface area contributed by atoms with Gasteiger partial charge in [0.05, 0.1) is 5.92 Å². The van der Waals surface area contributed by atoms with Crippen molar-refractivity contribution < 1.29 is 19.8 Å². The largest absolute Gasteiger partial charge is 0.481 e. The van der Waals surface area contributed by atoms with Crippen LogP contribution in [0.4, 0.5) is 0 Å². The van der Waals surface area contributed by atoms with Crippen molar-refractivity contribution >= 4 is 11.9 Å². The maximum Gasteiger partial charge on any atom is 0.324 e. The summed E-state index contributed by atoms with van der Waals surface area (Å²) in [4.78, 5) is 21.4. The normalized spacial score (nSPS) is 47.0. The van der Waals surface area contributed by atoms with Crippen molar-refractivity contribution in [3.63, 3.8) is 0 Å². The Balaban J connectivity index is 2.20. The molecule has 0 saturated heterocycles. The zero-order valence-corrected chi connectivity index (χ0v) is 6.93. The third-order valence-electron chi connectivity index (χ3n) is 3.34. The molecule has 0 aromatic carbocycles. The van der Waals surface area contributed by atoms with Gasteiger partial charge in [-0.15, -0.1) is 0 Å². The SMILES string of the molecule is NC1(C(=O)O)CC[C@H]2[C@H](C(=O)O)[C@H]21. The summed E-state index contributed by atoms with van der Waals surface area (Å²) < 4.78 is 0. The smallest absolute Gasteiger partial charge is 0.324 e. The van der Waals surface area contributed by atoms with Crippen LogP contribution in [0.2, 0.25) is 0 Å². The van der Waals surface area contributed by atoms with Crippen LogP contribution in [-0.2, 0) is 9.59 Å². The standard InChI is InChI=1S/C8H11NO4/c9-8(7(12)13)2-1-3-4(5(3)8)6(10)11/h3-5H,1-2,9H2,(H,10,11)(H,12,13)/t3-,4-,5-,8?/m0/s1. The summed E-state index contributed by atoms with van der Waals surface area (Å²) in [6, 6.07) is 0. The number of aliphatic carboxylic acids is 2. The van der Waals surface area contributed by atoms with Gasteiger partial charge in [-0.3, -0.25) is 9.59 Å². The summed E-state index contributed by atoms with van der Waals surface area (Å²) in [7, 11) is 0. The highest BCUT2D eigenvalue weighted by molar-refractivity contribution is 5.85. The lowest BCUT2D eigenvalue weighted by Crippen LogP contribution is -2.49. The fraction of sp³-hybridized carbons (Fsp3) is 0.750. The van der Waals surface area contributed by atoms with E-state index >= 15 is 0 Å². The first-order valence-corrected chi connectivity index (χ1v) is 4.23. The molecule has 2 aliphatic rings. The van der Waals surface area contributed by atoms with Gasteiger partial charge in [0.15, 0.2) is 0 Å². The average Bonchev–Trinajstić information content (AvgIpc) is 2.66. The van der Waals surface area contributed by atoms with Gasteiger partial charge in [-0.05, 0) is 18.8 Å². The van der Waals surface area contributed by atoms with Gasteiger partial charge in [-0.1, -0.05) is 0 Å². The second kappa shape index (κ2) is 2.23. The lowest BCUT2D eigenvalue weighted by molar-refractivity contribution is -0.145. The van der Waals surface area contributed by atoms with Crippen LogP contribution in [0.15, 0.2) is 0 Å². The number of carboxylic acid groups (broad SMARTS) is 2. The molecule has 5 heteroatoms.